The van der Waals surface area contributed by atoms with Gasteiger partial charge in [-0.25, -0.2) is 0 Å². The number of hydrogen-bond acceptors (Lipinski definition) is 6. The summed E-state index contributed by atoms with van der Waals surface area (Å²) in [5.41, 5.74) is 2.74. The zero-order valence-electron chi connectivity index (χ0n) is 22.2. The number of methoxy groups -OCH3 is 1. The second kappa shape index (κ2) is 9.41. The molecule has 0 spiro atoms. The van der Waals surface area contributed by atoms with Crippen LogP contribution in [0.4, 0.5) is 0 Å². The number of nitrogens with zero attached hydrogens (tertiary/aromatic N) is 1. The molecule has 194 valence electrons. The molecular formula is C29H37NO6. The summed E-state index contributed by atoms with van der Waals surface area (Å²) >= 11 is 0. The van der Waals surface area contributed by atoms with Crippen LogP contribution in [0, 0.1) is 10.8 Å². The number of ether oxygens (including phenoxy) is 2. The molecular weight excluding hydrogens is 458 g/mol. The van der Waals surface area contributed by atoms with Gasteiger partial charge in [-0.1, -0.05) is 40.7 Å². The molecule has 7 heteroatoms. The highest BCUT2D eigenvalue weighted by atomic mass is 16.5. The van der Waals surface area contributed by atoms with Crippen LogP contribution in [-0.4, -0.2) is 47.8 Å². The van der Waals surface area contributed by atoms with Crippen molar-refractivity contribution in [1.82, 2.24) is 4.90 Å². The lowest BCUT2D eigenvalue weighted by Gasteiger charge is -2.48. The van der Waals surface area contributed by atoms with Gasteiger partial charge in [0.2, 0.25) is 0 Å². The number of carbonyl (C=O) groups excluding carboxylic acids is 2. The highest BCUT2D eigenvalue weighted by molar-refractivity contribution is 6.07. The Bertz CT molecular complexity index is 1120. The maximum absolute atomic E-state index is 13.7. The molecule has 0 bridgehead atoms. The Balaban J connectivity index is 1.96. The third-order valence-corrected chi connectivity index (χ3v) is 7.30. The molecule has 7 nitrogen and oxygen atoms in total. The van der Waals surface area contributed by atoms with Crippen LogP contribution in [0.5, 0.6) is 11.5 Å². The number of carboxylic acids is 1. The second-order valence-electron chi connectivity index (χ2n) is 11.8. The normalized spacial score (nSPS) is 21.3. The molecule has 36 heavy (non-hydrogen) atoms. The lowest BCUT2D eigenvalue weighted by atomic mass is 9.63. The van der Waals surface area contributed by atoms with E-state index >= 15 is 0 Å². The molecule has 0 aromatic heterocycles. The topological polar surface area (TPSA) is 93.1 Å². The summed E-state index contributed by atoms with van der Waals surface area (Å²) in [5.74, 6) is -0.445. The molecule has 1 aromatic carbocycles. The summed E-state index contributed by atoms with van der Waals surface area (Å²) in [6, 6.07) is 5.60. The molecule has 0 saturated heterocycles. The largest absolute Gasteiger partial charge is 0.493 e. The SMILES string of the molecule is CCCOc1ccc(C2C3=C(CC(C)(C)CC3=O)N(CC(=O)O)C3=C2C(=O)CC(C)(C)C3)cc1OC. The Kier molecular flexibility index (Phi) is 6.80. The number of ketones is 2. The predicted molar refractivity (Wildman–Crippen MR) is 136 cm³/mol. The summed E-state index contributed by atoms with van der Waals surface area (Å²) in [6.07, 6.45) is 2.69. The lowest BCUT2D eigenvalue weighted by molar-refractivity contribution is -0.138. The maximum atomic E-state index is 13.7. The number of carboxylic acid groups (broad SMARTS) is 1. The van der Waals surface area contributed by atoms with Crippen molar-refractivity contribution < 1.29 is 29.0 Å². The minimum Gasteiger partial charge on any atom is -0.493 e. The molecule has 0 unspecified atom stereocenters. The van der Waals surface area contributed by atoms with Crippen LogP contribution >= 0.6 is 0 Å². The molecule has 2 aliphatic carbocycles. The van der Waals surface area contributed by atoms with Crippen LogP contribution in [-0.2, 0) is 14.4 Å². The van der Waals surface area contributed by atoms with E-state index in [9.17, 15) is 19.5 Å². The Hall–Kier alpha value is -3.09. The first-order valence-electron chi connectivity index (χ1n) is 12.7. The van der Waals surface area contributed by atoms with Gasteiger partial charge in [0.15, 0.2) is 23.1 Å². The van der Waals surface area contributed by atoms with Crippen molar-refractivity contribution in [2.75, 3.05) is 20.3 Å². The molecule has 1 aromatic rings. The van der Waals surface area contributed by atoms with Gasteiger partial charge in [0, 0.05) is 41.3 Å². The minimum absolute atomic E-state index is 0.0314. The Morgan fingerprint density at radius 1 is 0.972 bits per heavy atom. The summed E-state index contributed by atoms with van der Waals surface area (Å²) in [6.45, 7) is 10.4. The maximum Gasteiger partial charge on any atom is 0.323 e. The Morgan fingerprint density at radius 2 is 1.53 bits per heavy atom. The van der Waals surface area contributed by atoms with E-state index in [-0.39, 0.29) is 28.9 Å². The van der Waals surface area contributed by atoms with E-state index in [4.69, 9.17) is 9.47 Å². The standard InChI is InChI=1S/C29H37NO6/c1-7-10-36-22-9-8-17(11-23(22)35-6)25-26-18(12-28(2,3)14-20(26)31)30(16-24(33)34)19-13-29(4,5)15-21(32)27(19)25/h8-9,11,25H,7,10,12-16H2,1-6H3,(H,33,34). The molecule has 0 amide bonds. The lowest BCUT2D eigenvalue weighted by Crippen LogP contribution is -2.45. The fourth-order valence-electron chi connectivity index (χ4n) is 5.90. The van der Waals surface area contributed by atoms with Gasteiger partial charge in [0.1, 0.15) is 6.54 Å². The van der Waals surface area contributed by atoms with Crippen molar-refractivity contribution >= 4 is 17.5 Å². The van der Waals surface area contributed by atoms with Crippen LogP contribution in [0.1, 0.15) is 78.2 Å². The summed E-state index contributed by atoms with van der Waals surface area (Å²) in [7, 11) is 1.57. The smallest absolute Gasteiger partial charge is 0.323 e. The molecule has 0 atom stereocenters. The number of aliphatic carboxylic acids is 1. The number of rotatable bonds is 7. The summed E-state index contributed by atoms with van der Waals surface area (Å²) in [5, 5.41) is 9.80. The quantitative estimate of drug-likeness (QED) is 0.552. The average molecular weight is 496 g/mol. The van der Waals surface area contributed by atoms with Gasteiger partial charge in [-0.15, -0.1) is 0 Å². The molecule has 0 radical (unpaired) electrons. The number of carbonyl (C=O) groups is 3. The van der Waals surface area contributed by atoms with Crippen LogP contribution in [0.3, 0.4) is 0 Å². The Morgan fingerprint density at radius 3 is 2.00 bits per heavy atom. The molecule has 1 heterocycles. The van der Waals surface area contributed by atoms with Gasteiger partial charge >= 0.3 is 5.97 Å². The van der Waals surface area contributed by atoms with Crippen molar-refractivity contribution in [3.8, 4) is 11.5 Å². The van der Waals surface area contributed by atoms with Crippen molar-refractivity contribution in [3.63, 3.8) is 0 Å². The van der Waals surface area contributed by atoms with Gasteiger partial charge in [-0.3, -0.25) is 14.4 Å². The van der Waals surface area contributed by atoms with Crippen molar-refractivity contribution in [2.45, 2.75) is 72.6 Å². The van der Waals surface area contributed by atoms with E-state index in [2.05, 4.69) is 0 Å². The zero-order valence-corrected chi connectivity index (χ0v) is 22.2. The zero-order chi connectivity index (χ0) is 26.4. The summed E-state index contributed by atoms with van der Waals surface area (Å²) in [4.78, 5) is 41.2. The average Bonchev–Trinajstić information content (AvgIpc) is 2.76. The molecule has 1 N–H and O–H groups in total. The van der Waals surface area contributed by atoms with Gasteiger partial charge in [-0.05, 0) is 47.8 Å². The van der Waals surface area contributed by atoms with E-state index < -0.39 is 11.9 Å². The van der Waals surface area contributed by atoms with Crippen LogP contribution in [0.15, 0.2) is 40.7 Å². The van der Waals surface area contributed by atoms with Crippen molar-refractivity contribution in [1.29, 1.82) is 0 Å². The van der Waals surface area contributed by atoms with Gasteiger partial charge in [0.25, 0.3) is 0 Å². The summed E-state index contributed by atoms with van der Waals surface area (Å²) < 4.78 is 11.5. The van der Waals surface area contributed by atoms with Crippen molar-refractivity contribution in [2.24, 2.45) is 10.8 Å². The fourth-order valence-corrected chi connectivity index (χ4v) is 5.90. The van der Waals surface area contributed by atoms with Gasteiger partial charge in [0.05, 0.1) is 13.7 Å². The van der Waals surface area contributed by atoms with Crippen LogP contribution in [0.25, 0.3) is 0 Å². The van der Waals surface area contributed by atoms with E-state index in [1.165, 1.54) is 0 Å². The van der Waals surface area contributed by atoms with E-state index in [1.54, 1.807) is 12.0 Å². The first kappa shape index (κ1) is 26.0. The predicted octanol–water partition coefficient (Wildman–Crippen LogP) is 5.25. The van der Waals surface area contributed by atoms with Gasteiger partial charge < -0.3 is 19.5 Å². The van der Waals surface area contributed by atoms with E-state index in [1.807, 2.05) is 52.8 Å². The number of hydrogen-bond donors (Lipinski definition) is 1. The number of allylic oxidation sites excluding steroid dienone is 4. The highest BCUT2D eigenvalue weighted by Crippen LogP contribution is 2.54. The molecule has 3 aliphatic rings. The first-order valence-corrected chi connectivity index (χ1v) is 12.7. The van der Waals surface area contributed by atoms with Crippen molar-refractivity contribution in [3.05, 3.63) is 46.3 Å². The monoisotopic (exact) mass is 495 g/mol. The molecule has 0 saturated carbocycles. The van der Waals surface area contributed by atoms with Crippen LogP contribution < -0.4 is 9.47 Å². The molecule has 1 aliphatic heterocycles. The Labute approximate surface area is 213 Å². The van der Waals surface area contributed by atoms with Gasteiger partial charge in [-0.2, -0.15) is 0 Å². The third kappa shape index (κ3) is 4.80. The number of benzene rings is 1. The highest BCUT2D eigenvalue weighted by Gasteiger charge is 2.49. The molecule has 4 rings (SSSR count). The van der Waals surface area contributed by atoms with Crippen LogP contribution in [0.2, 0.25) is 0 Å². The third-order valence-electron chi connectivity index (χ3n) is 7.30. The van der Waals surface area contributed by atoms with E-state index in [0.717, 1.165) is 23.4 Å². The number of Topliss-reactive ketones (excluding diaryl/α,β-unsaturated/α-hetero) is 2. The molecule has 0 fully saturated rings. The minimum atomic E-state index is -0.988. The second-order valence-corrected chi connectivity index (χ2v) is 11.8. The fraction of sp³-hybridized carbons (Fsp3) is 0.552. The first-order chi connectivity index (χ1) is 16.9. The van der Waals surface area contributed by atoms with E-state index in [0.29, 0.717) is 54.9 Å².